The molecule has 7 heteroatoms. The topological polar surface area (TPSA) is 109 Å². The normalized spacial score (nSPS) is 12.5. The van der Waals surface area contributed by atoms with Crippen LogP contribution in [-0.4, -0.2) is 25.0 Å². The van der Waals surface area contributed by atoms with Gasteiger partial charge in [-0.3, -0.25) is 9.78 Å². The third-order valence-corrected chi connectivity index (χ3v) is 4.01. The summed E-state index contributed by atoms with van der Waals surface area (Å²) in [6.45, 7) is 0. The first-order valence-electron chi connectivity index (χ1n) is 6.94. The molecule has 0 amide bonds. The average molecular weight is 291 g/mol. The number of hydrogen-bond donors (Lipinski definition) is 2. The fourth-order valence-electron chi connectivity index (χ4n) is 3.01. The van der Waals surface area contributed by atoms with Crippen molar-refractivity contribution >= 4 is 5.82 Å². The van der Waals surface area contributed by atoms with Gasteiger partial charge >= 0.3 is 0 Å². The number of aryl methyl sites for hydroxylation is 2. The fourth-order valence-corrected chi connectivity index (χ4v) is 3.01. The molecule has 0 radical (unpaired) electrons. The van der Waals surface area contributed by atoms with Gasteiger partial charge in [-0.15, -0.1) is 0 Å². The van der Waals surface area contributed by atoms with Crippen molar-refractivity contribution in [2.24, 2.45) is 7.05 Å². The number of nitriles is 1. The van der Waals surface area contributed by atoms with Crippen LogP contribution in [0.4, 0.5) is 5.82 Å². The summed E-state index contributed by atoms with van der Waals surface area (Å²) in [5.41, 5.74) is 11.8. The monoisotopic (exact) mass is 291 g/mol. The number of nitrogen functional groups attached to an aromatic ring is 1. The highest BCUT2D eigenvalue weighted by molar-refractivity contribution is 5.84. The van der Waals surface area contributed by atoms with Crippen LogP contribution in [0, 0.1) is 11.3 Å². The summed E-state index contributed by atoms with van der Waals surface area (Å²) >= 11 is 0. The van der Waals surface area contributed by atoms with Crippen LogP contribution in [0.5, 0.6) is 0 Å². The second kappa shape index (κ2) is 4.43. The first-order chi connectivity index (χ1) is 10.7. The molecule has 0 spiro atoms. The van der Waals surface area contributed by atoms with E-state index in [-0.39, 0.29) is 5.82 Å². The summed E-state index contributed by atoms with van der Waals surface area (Å²) in [6, 6.07) is 4.07. The Morgan fingerprint density at radius 3 is 3.00 bits per heavy atom. The molecular formula is C15H13N7. The molecule has 0 aromatic carbocycles. The third kappa shape index (κ3) is 1.64. The van der Waals surface area contributed by atoms with E-state index in [0.717, 1.165) is 46.6 Å². The molecule has 3 aromatic rings. The molecule has 0 aliphatic heterocycles. The van der Waals surface area contributed by atoms with Gasteiger partial charge in [-0.25, -0.2) is 4.98 Å². The van der Waals surface area contributed by atoms with Gasteiger partial charge in [-0.1, -0.05) is 0 Å². The Morgan fingerprint density at radius 1 is 1.41 bits per heavy atom. The molecule has 3 N–H and O–H groups in total. The van der Waals surface area contributed by atoms with E-state index in [1.807, 2.05) is 19.3 Å². The van der Waals surface area contributed by atoms with E-state index in [4.69, 9.17) is 5.73 Å². The first-order valence-corrected chi connectivity index (χ1v) is 6.94. The first kappa shape index (κ1) is 12.6. The van der Waals surface area contributed by atoms with Crippen LogP contribution in [0.25, 0.3) is 22.5 Å². The van der Waals surface area contributed by atoms with Gasteiger partial charge in [0.2, 0.25) is 0 Å². The molecule has 0 saturated carbocycles. The lowest BCUT2D eigenvalue weighted by Gasteiger charge is -2.19. The van der Waals surface area contributed by atoms with E-state index in [2.05, 4.69) is 26.3 Å². The highest BCUT2D eigenvalue weighted by Gasteiger charge is 2.27. The van der Waals surface area contributed by atoms with E-state index in [9.17, 15) is 5.26 Å². The van der Waals surface area contributed by atoms with Crippen molar-refractivity contribution in [2.45, 2.75) is 12.8 Å². The zero-order valence-electron chi connectivity index (χ0n) is 12.0. The second-order valence-corrected chi connectivity index (χ2v) is 5.32. The Balaban J connectivity index is 2.08. The summed E-state index contributed by atoms with van der Waals surface area (Å²) in [5.74, 6) is 0.232. The number of fused-ring (bicyclic) bond motifs is 3. The van der Waals surface area contributed by atoms with Crippen LogP contribution < -0.4 is 5.73 Å². The van der Waals surface area contributed by atoms with E-state index < -0.39 is 0 Å². The molecular weight excluding hydrogens is 278 g/mol. The number of anilines is 1. The molecule has 3 heterocycles. The van der Waals surface area contributed by atoms with E-state index in [0.29, 0.717) is 5.56 Å². The molecule has 0 atom stereocenters. The van der Waals surface area contributed by atoms with Gasteiger partial charge in [0.15, 0.2) is 0 Å². The number of nitrogens with one attached hydrogen (secondary N) is 1. The molecule has 0 unspecified atom stereocenters. The molecule has 22 heavy (non-hydrogen) atoms. The van der Waals surface area contributed by atoms with Gasteiger partial charge in [-0.05, 0) is 24.5 Å². The van der Waals surface area contributed by atoms with Crippen LogP contribution in [0.15, 0.2) is 18.5 Å². The minimum atomic E-state index is 0.232. The number of hydrogen-bond acceptors (Lipinski definition) is 5. The zero-order chi connectivity index (χ0) is 15.3. The third-order valence-electron chi connectivity index (χ3n) is 4.01. The summed E-state index contributed by atoms with van der Waals surface area (Å²) in [5, 5.41) is 21.0. The van der Waals surface area contributed by atoms with Crippen molar-refractivity contribution in [3.05, 3.63) is 35.3 Å². The maximum atomic E-state index is 9.50. The minimum Gasteiger partial charge on any atom is -0.383 e. The lowest BCUT2D eigenvalue weighted by atomic mass is 9.87. The lowest BCUT2D eigenvalue weighted by Crippen LogP contribution is -2.11. The van der Waals surface area contributed by atoms with Crippen molar-refractivity contribution in [3.63, 3.8) is 0 Å². The molecule has 1 aliphatic rings. The Morgan fingerprint density at radius 2 is 2.27 bits per heavy atom. The number of rotatable bonds is 1. The maximum absolute atomic E-state index is 9.50. The number of pyridine rings is 1. The van der Waals surface area contributed by atoms with Crippen molar-refractivity contribution in [1.29, 1.82) is 5.26 Å². The molecule has 0 bridgehead atoms. The summed E-state index contributed by atoms with van der Waals surface area (Å²) in [7, 11) is 1.85. The summed E-state index contributed by atoms with van der Waals surface area (Å²) < 4.78 is 1.71. The van der Waals surface area contributed by atoms with E-state index in [1.165, 1.54) is 0 Å². The SMILES string of the molecule is Cn1ccc(-c2c(C#N)c(N)nc3c2CCc2[nH]ncc2-3)n1. The molecule has 1 aliphatic carbocycles. The van der Waals surface area contributed by atoms with Crippen molar-refractivity contribution in [3.8, 4) is 28.6 Å². The standard InChI is InChI=1S/C15H13N7/c1-22-5-4-12(21-22)13-8-2-3-11-10(7-18-20-11)14(8)19-15(17)9(13)6-16/h4-5,7H,2-3H2,1H3,(H2,17,19)(H,18,20). The van der Waals surface area contributed by atoms with Gasteiger partial charge in [0.25, 0.3) is 0 Å². The van der Waals surface area contributed by atoms with E-state index >= 15 is 0 Å². The average Bonchev–Trinajstić information content (AvgIpc) is 3.14. The predicted octanol–water partition coefficient (Wildman–Crippen LogP) is 1.42. The molecule has 0 fully saturated rings. The number of nitrogens with zero attached hydrogens (tertiary/aromatic N) is 5. The summed E-state index contributed by atoms with van der Waals surface area (Å²) in [4.78, 5) is 4.45. The van der Waals surface area contributed by atoms with Crippen LogP contribution >= 0.6 is 0 Å². The molecule has 7 nitrogen and oxygen atoms in total. The number of H-pyrrole nitrogens is 1. The Hall–Kier alpha value is -3.14. The lowest BCUT2D eigenvalue weighted by molar-refractivity contribution is 0.770. The van der Waals surface area contributed by atoms with E-state index in [1.54, 1.807) is 10.9 Å². The van der Waals surface area contributed by atoms with Crippen LogP contribution in [0.1, 0.15) is 16.8 Å². The van der Waals surface area contributed by atoms with Crippen molar-refractivity contribution in [1.82, 2.24) is 25.0 Å². The van der Waals surface area contributed by atoms with Crippen LogP contribution in [0.2, 0.25) is 0 Å². The summed E-state index contributed by atoms with van der Waals surface area (Å²) in [6.07, 6.45) is 5.22. The van der Waals surface area contributed by atoms with Gasteiger partial charge in [0.05, 0.1) is 17.6 Å². The van der Waals surface area contributed by atoms with Gasteiger partial charge in [-0.2, -0.15) is 15.5 Å². The fraction of sp³-hybridized carbons (Fsp3) is 0.200. The van der Waals surface area contributed by atoms with Gasteiger partial charge in [0, 0.05) is 30.1 Å². The van der Waals surface area contributed by atoms with Gasteiger partial charge < -0.3 is 5.73 Å². The number of aromatic amines is 1. The quantitative estimate of drug-likeness (QED) is 0.704. The molecule has 4 rings (SSSR count). The number of aromatic nitrogens is 5. The Kier molecular flexibility index (Phi) is 2.53. The minimum absolute atomic E-state index is 0.232. The van der Waals surface area contributed by atoms with Crippen molar-refractivity contribution in [2.75, 3.05) is 5.73 Å². The Labute approximate surface area is 126 Å². The molecule has 108 valence electrons. The Bertz CT molecular complexity index is 926. The molecule has 0 saturated heterocycles. The highest BCUT2D eigenvalue weighted by atomic mass is 15.2. The largest absolute Gasteiger partial charge is 0.383 e. The maximum Gasteiger partial charge on any atom is 0.142 e. The zero-order valence-corrected chi connectivity index (χ0v) is 12.0. The van der Waals surface area contributed by atoms with Crippen molar-refractivity contribution < 1.29 is 0 Å². The van der Waals surface area contributed by atoms with Crippen LogP contribution in [-0.2, 0) is 19.9 Å². The predicted molar refractivity (Wildman–Crippen MR) is 80.6 cm³/mol. The second-order valence-electron chi connectivity index (χ2n) is 5.32. The highest BCUT2D eigenvalue weighted by Crippen LogP contribution is 2.39. The number of nitrogens with two attached hydrogens (primary N) is 1. The smallest absolute Gasteiger partial charge is 0.142 e. The van der Waals surface area contributed by atoms with Gasteiger partial charge in [0.1, 0.15) is 17.5 Å². The van der Waals surface area contributed by atoms with Crippen LogP contribution in [0.3, 0.4) is 0 Å². The molecule has 3 aromatic heterocycles.